The predicted octanol–water partition coefficient (Wildman–Crippen LogP) is 27.6. The second-order valence-corrected chi connectivity index (χ2v) is 28.9. The molecule has 615 valence electrons. The van der Waals surface area contributed by atoms with E-state index in [1.807, 2.05) is 182 Å². The molecule has 18 aromatic rings. The van der Waals surface area contributed by atoms with Crippen molar-refractivity contribution >= 4 is 66.2 Å². The van der Waals surface area contributed by atoms with Gasteiger partial charge in [0.2, 0.25) is 17.1 Å². The van der Waals surface area contributed by atoms with Crippen LogP contribution in [0.25, 0.3) is 134 Å². The molecular weight excluding hydrogens is 2010 g/mol. The van der Waals surface area contributed by atoms with Crippen molar-refractivity contribution in [2.45, 2.75) is 161 Å². The number of nitrogens with zero attached hydrogens (tertiary/aromatic N) is 9. The zero-order chi connectivity index (χ0) is 99.8. The van der Waals surface area contributed by atoms with Gasteiger partial charge in [0.25, 0.3) is 0 Å². The topological polar surface area (TPSA) is 155 Å². The van der Waals surface area contributed by atoms with Crippen LogP contribution >= 0.6 is 0 Å². The summed E-state index contributed by atoms with van der Waals surface area (Å²) in [5, 5.41) is 5.00. The molecular formula is C105H99Ir3N9O3-6. The van der Waals surface area contributed by atoms with Crippen LogP contribution in [0.3, 0.4) is 0 Å². The van der Waals surface area contributed by atoms with Crippen molar-refractivity contribution in [2.75, 3.05) is 0 Å². The zero-order valence-corrected chi connectivity index (χ0v) is 75.8. The Morgan fingerprint density at radius 3 is 1.12 bits per heavy atom. The van der Waals surface area contributed by atoms with Gasteiger partial charge in [-0.3, -0.25) is 0 Å². The van der Waals surface area contributed by atoms with E-state index >= 15 is 0 Å². The molecule has 0 aliphatic rings. The van der Waals surface area contributed by atoms with Gasteiger partial charge < -0.3 is 43.2 Å². The van der Waals surface area contributed by atoms with Crippen molar-refractivity contribution in [3.63, 3.8) is 0 Å². The molecule has 0 N–H and O–H groups in total. The summed E-state index contributed by atoms with van der Waals surface area (Å²) in [6, 6.07) is 75.6. The van der Waals surface area contributed by atoms with E-state index < -0.39 is 63.7 Å². The molecule has 0 spiro atoms. The van der Waals surface area contributed by atoms with Gasteiger partial charge in [-0.25, -0.2) is 15.0 Å². The summed E-state index contributed by atoms with van der Waals surface area (Å²) >= 11 is 0. The largest absolute Gasteiger partial charge is 0.486 e. The summed E-state index contributed by atoms with van der Waals surface area (Å²) in [5.41, 5.74) is 20.4. The number of fused-ring (bicyclic) bond motifs is 9. The standard InChI is InChI=1S/2C23H23N2O.C20H17N2O.3C13H12N.3Ir/c1-13(2)16-10-11-24-20(12-16)18-9-8-17(14(3)4)21-19-7-6-15(5)25-23(19)26-22(18)21;1-13(2)16-9-10-24-20(12-16)17-7-6-8-18-21-19(14(3)4)11-15(5)25-23(21)26-22(17)18;1-12(2)16-11-13(3)22-20-18(16)15-8-6-7-14(19(15)23-20)17-9-4-5-10-21-17;3*1-10-8-13(14-9-11(10)2)12-6-4-3-5-7-12;;;/h6-8,10-14H,1-5H3;6,8-14H,1-5H3;4-6,8-12H,1-3H3;3*3-6,8-9H,1-2H3;;;/q6*-1;;;/i2*1D3,13D,14D;12D;3*2D3;;;. The summed E-state index contributed by atoms with van der Waals surface area (Å²) in [5.74, 6) is -6.07. The van der Waals surface area contributed by atoms with E-state index in [1.165, 1.54) is 44.8 Å². The number of aryl methyl sites for hydroxylation is 9. The Labute approximate surface area is 775 Å². The van der Waals surface area contributed by atoms with Gasteiger partial charge in [-0.1, -0.05) is 178 Å². The third-order valence-electron chi connectivity index (χ3n) is 19.3. The minimum atomic E-state index is -2.50. The minimum Gasteiger partial charge on any atom is -0.486 e. The average Bonchev–Trinajstić information content (AvgIpc) is 1.59. The smallest absolute Gasteiger partial charge is 0.216 e. The molecule has 2 atom stereocenters. The van der Waals surface area contributed by atoms with E-state index in [2.05, 4.69) is 81.3 Å². The molecule has 0 saturated heterocycles. The van der Waals surface area contributed by atoms with Crippen molar-refractivity contribution in [1.82, 2.24) is 44.9 Å². The van der Waals surface area contributed by atoms with Crippen molar-refractivity contribution < 1.29 is 101 Å². The molecule has 3 radical (unpaired) electrons. The van der Waals surface area contributed by atoms with Crippen LogP contribution in [0.1, 0.15) is 204 Å². The molecule has 0 aliphatic carbocycles. The van der Waals surface area contributed by atoms with Crippen LogP contribution in [0.15, 0.2) is 238 Å². The molecule has 12 heterocycles. The quantitative estimate of drug-likeness (QED) is 0.113. The number of hydrogen-bond acceptors (Lipinski definition) is 12. The number of hydrogen-bond donors (Lipinski definition) is 0. The molecule has 18 rings (SSSR count). The maximum absolute atomic E-state index is 8.59. The summed E-state index contributed by atoms with van der Waals surface area (Å²) in [7, 11) is 0. The van der Waals surface area contributed by atoms with Crippen LogP contribution in [-0.4, -0.2) is 44.9 Å². The molecule has 12 aromatic heterocycles. The fourth-order valence-corrected chi connectivity index (χ4v) is 13.2. The molecule has 15 heteroatoms. The molecule has 0 aliphatic heterocycles. The van der Waals surface area contributed by atoms with E-state index in [-0.39, 0.29) is 60.3 Å². The summed E-state index contributed by atoms with van der Waals surface area (Å²) in [6.45, 7) is 13.5. The minimum absolute atomic E-state index is 0. The van der Waals surface area contributed by atoms with Crippen LogP contribution in [-0.2, 0) is 60.3 Å². The molecule has 120 heavy (non-hydrogen) atoms. The Kier molecular flexibility index (Phi) is 23.0. The van der Waals surface area contributed by atoms with E-state index in [4.69, 9.17) is 40.7 Å². The average molecular weight is 2130 g/mol. The molecule has 0 amide bonds. The van der Waals surface area contributed by atoms with Crippen LogP contribution in [0.5, 0.6) is 0 Å². The molecule has 0 bridgehead atoms. The summed E-state index contributed by atoms with van der Waals surface area (Å²) < 4.78 is 174. The van der Waals surface area contributed by atoms with Crippen molar-refractivity contribution in [3.8, 4) is 67.5 Å². The first kappa shape index (κ1) is 66.8. The maximum Gasteiger partial charge on any atom is 0.216 e. The first-order chi connectivity index (χ1) is 64.0. The normalized spacial score (nSPS) is 15.2. The van der Waals surface area contributed by atoms with E-state index in [9.17, 15) is 0 Å². The second kappa shape index (κ2) is 41.3. The number of furan rings is 3. The first-order valence-electron chi connectivity index (χ1n) is 47.9. The Morgan fingerprint density at radius 1 is 0.317 bits per heavy atom. The SMILES string of the molecule is [2H]C(C)(C)c1c[c-]c(-c2cc(C([2H])(C)C([2H])([2H])[2H])ccn2)c2oc3nc(C)ccc3c12.[2H]C(C)(C)c1cc(C)nc2oc3c(-c4cc(C([2H])(C)C([2H])([2H])[2H])ccn4)[c-]ccc3c12.[2H]C(C)(C)c1cc(C)nc2oc3c(-c4ccccn4)[c-]ccc3c12.[2H]C([2H])([2H])c1cnc(-c2[c-]cccc2)cc1C.[2H]C([2H])([2H])c1cnc(-c2[c-]cccc2)cc1C.[2H]C([2H])([2H])c1cnc(-c2[c-]cccc2)cc1C.[Ir].[Ir].[Ir]. The van der Waals surface area contributed by atoms with E-state index in [0.29, 0.717) is 78.6 Å². The van der Waals surface area contributed by atoms with Gasteiger partial charge in [0, 0.05) is 158 Å². The number of benzene rings is 6. The predicted molar refractivity (Wildman–Crippen MR) is 479 cm³/mol. The molecule has 0 fully saturated rings. The molecule has 0 saturated carbocycles. The molecule has 6 aromatic carbocycles. The van der Waals surface area contributed by atoms with Crippen molar-refractivity contribution in [3.05, 3.63) is 340 Å². The van der Waals surface area contributed by atoms with E-state index in [0.717, 1.165) is 133 Å². The Balaban J connectivity index is 0.000000175. The first-order valence-corrected chi connectivity index (χ1v) is 37.9. The van der Waals surface area contributed by atoms with Crippen molar-refractivity contribution in [2.24, 2.45) is 0 Å². The Hall–Kier alpha value is -11.0. The van der Waals surface area contributed by atoms with Gasteiger partial charge in [-0.15, -0.1) is 162 Å². The van der Waals surface area contributed by atoms with Crippen LogP contribution in [0.4, 0.5) is 0 Å². The fraction of sp³-hybridized carbons (Fsp3) is 0.229. The van der Waals surface area contributed by atoms with Gasteiger partial charge in [0.15, 0.2) is 0 Å². The maximum atomic E-state index is 8.59. The number of aromatic nitrogens is 9. The summed E-state index contributed by atoms with van der Waals surface area (Å²) in [6.07, 6.45) is 9.04. The molecule has 2 unspecified atom stereocenters. The molecule has 12 nitrogen and oxygen atoms in total. The number of rotatable bonds is 11. The third kappa shape index (κ3) is 21.2. The fourth-order valence-electron chi connectivity index (χ4n) is 13.2. The van der Waals surface area contributed by atoms with Gasteiger partial charge in [-0.2, -0.15) is 0 Å². The van der Waals surface area contributed by atoms with Crippen LogP contribution in [0.2, 0.25) is 0 Å². The Morgan fingerprint density at radius 2 is 0.725 bits per heavy atom. The van der Waals surface area contributed by atoms with Crippen LogP contribution in [0, 0.1) is 98.5 Å². The van der Waals surface area contributed by atoms with Crippen LogP contribution < -0.4 is 0 Å². The monoisotopic (exact) mass is 2130 g/mol. The third-order valence-corrected chi connectivity index (χ3v) is 19.3. The van der Waals surface area contributed by atoms with E-state index in [1.54, 1.807) is 95.4 Å². The van der Waals surface area contributed by atoms with Gasteiger partial charge in [0.1, 0.15) is 0 Å². The van der Waals surface area contributed by atoms with Crippen molar-refractivity contribution in [1.29, 1.82) is 0 Å². The van der Waals surface area contributed by atoms with Gasteiger partial charge in [-0.05, 0) is 190 Å². The zero-order valence-electron chi connectivity index (χ0n) is 88.6. The van der Waals surface area contributed by atoms with Gasteiger partial charge in [0.05, 0.1) is 16.7 Å². The second-order valence-electron chi connectivity index (χ2n) is 28.9. The summed E-state index contributed by atoms with van der Waals surface area (Å²) in [4.78, 5) is 39.3. The number of pyridine rings is 9. The van der Waals surface area contributed by atoms with Gasteiger partial charge >= 0.3 is 0 Å². The Bertz CT molecular complexity index is 7190.